The maximum Gasteiger partial charge on any atom is 0.384 e. The molecule has 0 saturated carbocycles. The number of aliphatic carboxylic acids is 2. The van der Waals surface area contributed by atoms with Gasteiger partial charge in [0.25, 0.3) is 11.8 Å². The van der Waals surface area contributed by atoms with Gasteiger partial charge in [-0.25, -0.2) is 9.78 Å². The first-order valence-corrected chi connectivity index (χ1v) is 14.4. The predicted molar refractivity (Wildman–Crippen MR) is 143 cm³/mol. The number of aromatic nitrogens is 3. The molecule has 40 heavy (non-hydrogen) atoms. The predicted octanol–water partition coefficient (Wildman–Crippen LogP) is -2.52. The maximum absolute atomic E-state index is 13.1. The Morgan fingerprint density at radius 3 is 2.77 bits per heavy atom. The number of fused-ring (bicyclic) bond motifs is 1. The molecule has 0 aliphatic carbocycles. The molecule has 2 aliphatic rings. The zero-order valence-electron chi connectivity index (χ0n) is 20.7. The van der Waals surface area contributed by atoms with E-state index in [2.05, 4.69) is 20.4 Å². The van der Waals surface area contributed by atoms with Crippen molar-refractivity contribution in [3.05, 3.63) is 34.6 Å². The molecule has 0 bridgehead atoms. The third-order valence-electron chi connectivity index (χ3n) is 5.65. The second-order valence-electron chi connectivity index (χ2n) is 8.28. The number of nitrogen functional groups attached to an aromatic ring is 3. The van der Waals surface area contributed by atoms with Crippen LogP contribution in [0.4, 0.5) is 10.9 Å². The Kier molecular flexibility index (Phi) is 8.64. The molecule has 212 valence electrons. The largest absolute Gasteiger partial charge is 0.543 e. The average molecular weight is 610 g/mol. The Labute approximate surface area is 238 Å². The van der Waals surface area contributed by atoms with Gasteiger partial charge in [0.1, 0.15) is 23.3 Å². The smallest absolute Gasteiger partial charge is 0.384 e. The molecule has 4 heterocycles. The Hall–Kier alpha value is -4.10. The molecule has 0 radical (unpaired) electrons. The second-order valence-corrected chi connectivity index (χ2v) is 11.2. The molecule has 4 rings (SSSR count). The summed E-state index contributed by atoms with van der Waals surface area (Å²) >= 11 is 3.39. The molecule has 2 amide bonds. The Morgan fingerprint density at radius 1 is 1.40 bits per heavy atom. The van der Waals surface area contributed by atoms with Crippen molar-refractivity contribution in [2.24, 2.45) is 5.16 Å². The van der Waals surface area contributed by atoms with Crippen molar-refractivity contribution in [2.75, 3.05) is 28.8 Å². The van der Waals surface area contributed by atoms with E-state index >= 15 is 0 Å². The van der Waals surface area contributed by atoms with Crippen LogP contribution in [0.1, 0.15) is 19.0 Å². The van der Waals surface area contributed by atoms with Gasteiger partial charge in [-0.2, -0.15) is 0 Å². The van der Waals surface area contributed by atoms with Crippen LogP contribution >= 0.6 is 34.9 Å². The quantitative estimate of drug-likeness (QED) is 0.0335. The molecule has 2 aromatic rings. The number of carbonyl (C=O) groups excluding carboxylic acids is 3. The maximum atomic E-state index is 13.1. The SMILES string of the molecule is CC[C@H](O/N=C(\C(=O)NC1C(=O)N2C(C(=O)[O-])=C(CSc3nc(N)cc[n+]3N)CS[C@H]12)c1csc(N)n1)C(=O)O. The highest BCUT2D eigenvalue weighted by Gasteiger charge is 2.53. The molecule has 2 aliphatic heterocycles. The third kappa shape index (κ3) is 5.89. The van der Waals surface area contributed by atoms with Gasteiger partial charge in [-0.05, 0) is 28.7 Å². The first-order chi connectivity index (χ1) is 19.0. The summed E-state index contributed by atoms with van der Waals surface area (Å²) in [5.41, 5.74) is 11.1. The molecule has 3 atom stereocenters. The minimum absolute atomic E-state index is 0.0158. The molecule has 8 N–H and O–H groups in total. The second kappa shape index (κ2) is 12.0. The van der Waals surface area contributed by atoms with Crippen LogP contribution in [-0.4, -0.2) is 78.5 Å². The summed E-state index contributed by atoms with van der Waals surface area (Å²) in [7, 11) is 0. The summed E-state index contributed by atoms with van der Waals surface area (Å²) in [4.78, 5) is 63.8. The van der Waals surface area contributed by atoms with Crippen molar-refractivity contribution in [1.29, 1.82) is 0 Å². The van der Waals surface area contributed by atoms with Gasteiger partial charge in [0, 0.05) is 23.0 Å². The Bertz CT molecular complexity index is 1430. The zero-order chi connectivity index (χ0) is 29.1. The number of hydrogen-bond acceptors (Lipinski definition) is 15. The van der Waals surface area contributed by atoms with Crippen LogP contribution in [0.25, 0.3) is 0 Å². The van der Waals surface area contributed by atoms with Gasteiger partial charge < -0.3 is 36.6 Å². The number of carbonyl (C=O) groups is 4. The summed E-state index contributed by atoms with van der Waals surface area (Å²) in [5.74, 6) is 2.03. The van der Waals surface area contributed by atoms with E-state index in [-0.39, 0.29) is 40.3 Å². The number of hydrogen-bond donors (Lipinski definition) is 5. The van der Waals surface area contributed by atoms with Crippen molar-refractivity contribution in [2.45, 2.75) is 36.0 Å². The lowest BCUT2D eigenvalue weighted by Gasteiger charge is -2.50. The highest BCUT2D eigenvalue weighted by molar-refractivity contribution is 8.01. The van der Waals surface area contributed by atoms with Crippen LogP contribution in [0, 0.1) is 0 Å². The van der Waals surface area contributed by atoms with Crippen LogP contribution in [0.15, 0.2) is 39.2 Å². The fraction of sp³-hybridized carbons (Fsp3) is 0.333. The molecule has 19 heteroatoms. The average Bonchev–Trinajstić information content (AvgIpc) is 3.34. The number of nitrogens with two attached hydrogens (primary N) is 3. The first kappa shape index (κ1) is 28.9. The van der Waals surface area contributed by atoms with E-state index < -0.39 is 47.0 Å². The third-order valence-corrected chi connectivity index (χ3v) is 8.72. The summed E-state index contributed by atoms with van der Waals surface area (Å²) < 4.78 is 1.23. The van der Waals surface area contributed by atoms with Gasteiger partial charge in [-0.3, -0.25) is 20.3 Å². The number of oxime groups is 1. The summed E-state index contributed by atoms with van der Waals surface area (Å²) in [6.45, 7) is 1.56. The van der Waals surface area contributed by atoms with E-state index in [4.69, 9.17) is 22.1 Å². The Morgan fingerprint density at radius 2 is 2.15 bits per heavy atom. The number of anilines is 2. The van der Waals surface area contributed by atoms with Gasteiger partial charge in [-0.15, -0.1) is 27.8 Å². The van der Waals surface area contributed by atoms with Crippen molar-refractivity contribution < 1.29 is 38.9 Å². The molecule has 0 spiro atoms. The van der Waals surface area contributed by atoms with Crippen molar-refractivity contribution in [1.82, 2.24) is 20.2 Å². The van der Waals surface area contributed by atoms with E-state index in [0.717, 1.165) is 28.0 Å². The van der Waals surface area contributed by atoms with Gasteiger partial charge in [0.15, 0.2) is 10.8 Å². The van der Waals surface area contributed by atoms with Crippen LogP contribution in [-0.2, 0) is 24.0 Å². The molecule has 0 aromatic carbocycles. The van der Waals surface area contributed by atoms with Crippen molar-refractivity contribution >= 4 is 75.3 Å². The molecule has 1 unspecified atom stereocenters. The van der Waals surface area contributed by atoms with Gasteiger partial charge in [0.05, 0.1) is 11.7 Å². The van der Waals surface area contributed by atoms with E-state index in [9.17, 15) is 29.4 Å². The standard InChI is InChI=1S/C21H23N9O7S3/c1-2-10(18(33)34)37-28-12(9-7-39-20(23)25-9)15(31)27-13-16(32)30-14(19(35)36)8(5-38-17(13)30)6-40-21-26-11(22)3-4-29(21)24/h3-4,7,10,13,17,22H,2,5-6,24H2,1H3,(H5,23,25,27,31,33,34,35,36)/b28-12-/t10-,13?,17+/m0/s1. The fourth-order valence-corrected chi connectivity index (χ4v) is 6.63. The van der Waals surface area contributed by atoms with Gasteiger partial charge in [0.2, 0.25) is 11.9 Å². The van der Waals surface area contributed by atoms with E-state index in [1.807, 2.05) is 0 Å². The lowest BCUT2D eigenvalue weighted by molar-refractivity contribution is -0.682. The number of carboxylic acids is 2. The molecule has 1 fully saturated rings. The number of nitrogens with zero attached hydrogens (tertiary/aromatic N) is 5. The first-order valence-electron chi connectivity index (χ1n) is 11.4. The number of thiazole rings is 1. The number of β-lactam (4-membered cyclic amide) rings is 1. The van der Waals surface area contributed by atoms with E-state index in [1.165, 1.54) is 34.1 Å². The lowest BCUT2D eigenvalue weighted by atomic mass is 10.0. The topological polar surface area (TPSA) is 256 Å². The summed E-state index contributed by atoms with van der Waals surface area (Å²) in [6, 6.07) is 0.398. The number of thioether (sulfide) groups is 2. The van der Waals surface area contributed by atoms with Crippen LogP contribution < -0.4 is 32.4 Å². The molecule has 16 nitrogen and oxygen atoms in total. The van der Waals surface area contributed by atoms with Gasteiger partial charge >= 0.3 is 11.1 Å². The minimum atomic E-state index is -1.55. The van der Waals surface area contributed by atoms with E-state index in [0.29, 0.717) is 10.7 Å². The van der Waals surface area contributed by atoms with Gasteiger partial charge in [-0.1, -0.05) is 12.1 Å². The lowest BCUT2D eigenvalue weighted by Crippen LogP contribution is -2.71. The van der Waals surface area contributed by atoms with E-state index in [1.54, 1.807) is 6.92 Å². The molecule has 1 saturated heterocycles. The normalized spacial score (nSPS) is 19.5. The fourth-order valence-electron chi connectivity index (χ4n) is 3.69. The van der Waals surface area contributed by atoms with Crippen LogP contribution in [0.2, 0.25) is 0 Å². The molecular weight excluding hydrogens is 586 g/mol. The number of rotatable bonds is 11. The summed E-state index contributed by atoms with van der Waals surface area (Å²) in [6.07, 6.45) is 0.250. The highest BCUT2D eigenvalue weighted by atomic mass is 32.2. The number of carboxylic acid groups (broad SMARTS) is 2. The Balaban J connectivity index is 1.52. The summed E-state index contributed by atoms with van der Waals surface area (Å²) in [5, 5.41) is 28.6. The minimum Gasteiger partial charge on any atom is -0.543 e. The van der Waals surface area contributed by atoms with Crippen molar-refractivity contribution in [3.63, 3.8) is 0 Å². The van der Waals surface area contributed by atoms with Crippen molar-refractivity contribution in [3.8, 4) is 0 Å². The zero-order valence-corrected chi connectivity index (χ0v) is 23.1. The number of nitrogens with one attached hydrogen (secondary N) is 1. The van der Waals surface area contributed by atoms with Crippen LogP contribution in [0.3, 0.4) is 0 Å². The molecular formula is C21H23N9O7S3. The molecule has 2 aromatic heterocycles. The van der Waals surface area contributed by atoms with Crippen LogP contribution in [0.5, 0.6) is 0 Å². The highest BCUT2D eigenvalue weighted by Crippen LogP contribution is 2.41. The monoisotopic (exact) mass is 609 g/mol. The number of amides is 2.